The van der Waals surface area contributed by atoms with Crippen molar-refractivity contribution in [3.05, 3.63) is 0 Å². The van der Waals surface area contributed by atoms with Gasteiger partial charge in [0.2, 0.25) is 17.8 Å². The third kappa shape index (κ3) is 4.50. The number of nitrogens with one attached hydrogen (secondary N) is 2. The quantitative estimate of drug-likeness (QED) is 0.754. The van der Waals surface area contributed by atoms with Gasteiger partial charge in [0.25, 0.3) is 0 Å². The maximum Gasteiger partial charge on any atom is 0.232 e. The van der Waals surface area contributed by atoms with Gasteiger partial charge in [-0.05, 0) is 6.92 Å². The Morgan fingerprint density at radius 1 is 1.29 bits per heavy atom. The van der Waals surface area contributed by atoms with E-state index in [1.165, 1.54) is 0 Å². The highest BCUT2D eigenvalue weighted by molar-refractivity contribution is 7.84. The van der Waals surface area contributed by atoms with Gasteiger partial charge in [0.05, 0.1) is 13.2 Å². The Balaban J connectivity index is 2.11. The first-order valence-electron chi connectivity index (χ1n) is 6.92. The molecule has 1 fully saturated rings. The molecule has 118 valence electrons. The predicted molar refractivity (Wildman–Crippen MR) is 84.4 cm³/mol. The first-order chi connectivity index (χ1) is 10.1. The zero-order chi connectivity index (χ0) is 15.2. The maximum atomic E-state index is 11.4. The van der Waals surface area contributed by atoms with Crippen molar-refractivity contribution in [2.45, 2.75) is 12.2 Å². The van der Waals surface area contributed by atoms with E-state index in [2.05, 4.69) is 30.5 Å². The summed E-state index contributed by atoms with van der Waals surface area (Å²) in [4.78, 5) is 15.2. The Labute approximate surface area is 127 Å². The third-order valence-electron chi connectivity index (χ3n) is 3.26. The average molecular weight is 314 g/mol. The molecule has 1 aliphatic rings. The van der Waals surface area contributed by atoms with E-state index in [1.54, 1.807) is 13.3 Å². The minimum Gasteiger partial charge on any atom is -0.378 e. The van der Waals surface area contributed by atoms with Crippen molar-refractivity contribution in [2.24, 2.45) is 0 Å². The van der Waals surface area contributed by atoms with Gasteiger partial charge >= 0.3 is 0 Å². The fourth-order valence-corrected chi connectivity index (χ4v) is 2.13. The Bertz CT molecular complexity index is 495. The molecule has 2 N–H and O–H groups in total. The Morgan fingerprint density at radius 3 is 2.57 bits per heavy atom. The molecule has 1 aromatic heterocycles. The van der Waals surface area contributed by atoms with Crippen LogP contribution in [0.15, 0.2) is 0 Å². The van der Waals surface area contributed by atoms with E-state index in [4.69, 9.17) is 4.74 Å². The number of nitrogens with zero attached hydrogens (tertiary/aromatic N) is 4. The Hall–Kier alpha value is -1.48. The van der Waals surface area contributed by atoms with Crippen LogP contribution in [-0.4, -0.2) is 70.6 Å². The molecule has 2 rings (SSSR count). The largest absolute Gasteiger partial charge is 0.378 e. The number of hydrogen-bond donors (Lipinski definition) is 2. The van der Waals surface area contributed by atoms with Crippen LogP contribution in [0.2, 0.25) is 0 Å². The lowest BCUT2D eigenvalue weighted by Gasteiger charge is -2.27. The van der Waals surface area contributed by atoms with Crippen LogP contribution in [0.1, 0.15) is 6.92 Å². The molecule has 2 heterocycles. The van der Waals surface area contributed by atoms with Crippen molar-refractivity contribution in [2.75, 3.05) is 61.7 Å². The van der Waals surface area contributed by atoms with Gasteiger partial charge in [-0.25, -0.2) is 0 Å². The molecule has 1 aromatic rings. The highest BCUT2D eigenvalue weighted by Gasteiger charge is 2.16. The van der Waals surface area contributed by atoms with Crippen molar-refractivity contribution in [3.63, 3.8) is 0 Å². The van der Waals surface area contributed by atoms with Gasteiger partial charge in [-0.15, -0.1) is 0 Å². The third-order valence-corrected chi connectivity index (χ3v) is 4.56. The standard InChI is InChI=1S/C12H22N6O2S/c1-9(21(3)19)8-14-11-15-10(13-2)16-12(17-11)18-4-6-20-7-5-18/h9H,4-8H2,1-3H3,(H2,13,14,15,16,17). The Morgan fingerprint density at radius 2 is 1.95 bits per heavy atom. The number of aromatic nitrogens is 3. The summed E-state index contributed by atoms with van der Waals surface area (Å²) in [5, 5.41) is 6.10. The van der Waals surface area contributed by atoms with E-state index < -0.39 is 10.8 Å². The van der Waals surface area contributed by atoms with E-state index >= 15 is 0 Å². The number of hydrogen-bond acceptors (Lipinski definition) is 8. The zero-order valence-corrected chi connectivity index (χ0v) is 13.4. The SMILES string of the molecule is CNc1nc(NCC(C)S(C)=O)nc(N2CCOCC2)n1. The van der Waals surface area contributed by atoms with Crippen molar-refractivity contribution >= 4 is 28.6 Å². The molecule has 0 aliphatic carbocycles. The minimum atomic E-state index is -0.877. The smallest absolute Gasteiger partial charge is 0.232 e. The molecule has 2 unspecified atom stereocenters. The van der Waals surface area contributed by atoms with E-state index in [1.807, 2.05) is 6.92 Å². The second kappa shape index (κ2) is 7.51. The van der Waals surface area contributed by atoms with E-state index in [0.717, 1.165) is 13.1 Å². The van der Waals surface area contributed by atoms with Crippen LogP contribution in [0.25, 0.3) is 0 Å². The van der Waals surface area contributed by atoms with E-state index in [0.29, 0.717) is 37.6 Å². The second-order valence-electron chi connectivity index (χ2n) is 4.82. The molecular weight excluding hydrogens is 292 g/mol. The van der Waals surface area contributed by atoms with Gasteiger partial charge in [0.1, 0.15) is 0 Å². The van der Waals surface area contributed by atoms with Crippen molar-refractivity contribution in [1.29, 1.82) is 0 Å². The molecule has 2 atom stereocenters. The summed E-state index contributed by atoms with van der Waals surface area (Å²) in [7, 11) is 0.893. The molecule has 0 aromatic carbocycles. The zero-order valence-electron chi connectivity index (χ0n) is 12.6. The first-order valence-corrected chi connectivity index (χ1v) is 8.55. The highest BCUT2D eigenvalue weighted by Crippen LogP contribution is 2.14. The maximum absolute atomic E-state index is 11.4. The molecule has 21 heavy (non-hydrogen) atoms. The normalized spacial score (nSPS) is 18.1. The summed E-state index contributed by atoms with van der Waals surface area (Å²) in [6, 6.07) is 0. The predicted octanol–water partition coefficient (Wildman–Crippen LogP) is -0.0712. The summed E-state index contributed by atoms with van der Waals surface area (Å²) in [5.41, 5.74) is 0. The van der Waals surface area contributed by atoms with Gasteiger partial charge in [-0.3, -0.25) is 4.21 Å². The molecule has 0 radical (unpaired) electrons. The highest BCUT2D eigenvalue weighted by atomic mass is 32.2. The van der Waals surface area contributed by atoms with Crippen LogP contribution in [0, 0.1) is 0 Å². The van der Waals surface area contributed by atoms with Crippen LogP contribution < -0.4 is 15.5 Å². The van der Waals surface area contributed by atoms with E-state index in [-0.39, 0.29) is 5.25 Å². The molecule has 1 saturated heterocycles. The summed E-state index contributed by atoms with van der Waals surface area (Å²) in [6.45, 7) is 5.36. The average Bonchev–Trinajstić information content (AvgIpc) is 2.52. The molecular formula is C12H22N6O2S. The fraction of sp³-hybridized carbons (Fsp3) is 0.750. The minimum absolute atomic E-state index is 0.0339. The monoisotopic (exact) mass is 314 g/mol. The van der Waals surface area contributed by atoms with Gasteiger partial charge in [-0.2, -0.15) is 15.0 Å². The molecule has 8 nitrogen and oxygen atoms in total. The van der Waals surface area contributed by atoms with Crippen molar-refractivity contribution < 1.29 is 8.95 Å². The molecule has 0 spiro atoms. The lowest BCUT2D eigenvalue weighted by atomic mass is 10.4. The number of ether oxygens (including phenoxy) is 1. The van der Waals surface area contributed by atoms with Crippen LogP contribution in [0.5, 0.6) is 0 Å². The van der Waals surface area contributed by atoms with E-state index in [9.17, 15) is 4.21 Å². The Kier molecular flexibility index (Phi) is 5.68. The molecule has 0 saturated carbocycles. The number of morpholine rings is 1. The van der Waals surface area contributed by atoms with Crippen LogP contribution in [0.4, 0.5) is 17.8 Å². The van der Waals surface area contributed by atoms with Crippen LogP contribution in [-0.2, 0) is 15.5 Å². The summed E-state index contributed by atoms with van der Waals surface area (Å²) < 4.78 is 16.7. The fourth-order valence-electron chi connectivity index (χ4n) is 1.81. The van der Waals surface area contributed by atoms with Crippen LogP contribution >= 0.6 is 0 Å². The molecule has 0 amide bonds. The summed E-state index contributed by atoms with van der Waals surface area (Å²) >= 11 is 0. The lowest BCUT2D eigenvalue weighted by Crippen LogP contribution is -2.37. The number of anilines is 3. The van der Waals surface area contributed by atoms with Crippen molar-refractivity contribution in [3.8, 4) is 0 Å². The van der Waals surface area contributed by atoms with Gasteiger partial charge in [0.15, 0.2) is 0 Å². The summed E-state index contributed by atoms with van der Waals surface area (Å²) in [6.07, 6.45) is 1.69. The number of rotatable bonds is 6. The molecule has 9 heteroatoms. The molecule has 0 bridgehead atoms. The van der Waals surface area contributed by atoms with Crippen molar-refractivity contribution in [1.82, 2.24) is 15.0 Å². The van der Waals surface area contributed by atoms with Gasteiger partial charge in [-0.1, -0.05) is 0 Å². The van der Waals surface area contributed by atoms with Crippen LogP contribution in [0.3, 0.4) is 0 Å². The summed E-state index contributed by atoms with van der Waals surface area (Å²) in [5.74, 6) is 1.64. The topological polar surface area (TPSA) is 92.3 Å². The first kappa shape index (κ1) is 15.9. The van der Waals surface area contributed by atoms with Gasteiger partial charge < -0.3 is 20.3 Å². The lowest BCUT2D eigenvalue weighted by molar-refractivity contribution is 0.122. The second-order valence-corrected chi connectivity index (χ2v) is 6.62. The van der Waals surface area contributed by atoms with Gasteiger partial charge in [0, 0.05) is 49.0 Å². The molecule has 1 aliphatic heterocycles.